The van der Waals surface area contributed by atoms with Crippen LogP contribution in [0.3, 0.4) is 0 Å². The molecular formula is C35H45N7O3Si. The molecule has 0 aliphatic heterocycles. The van der Waals surface area contributed by atoms with Gasteiger partial charge in [0.15, 0.2) is 5.65 Å². The lowest BCUT2D eigenvalue weighted by Gasteiger charge is -2.27. The highest BCUT2D eigenvalue weighted by molar-refractivity contribution is 6.76. The minimum Gasteiger partial charge on any atom is -0.393 e. The zero-order chi connectivity index (χ0) is 32.6. The molecule has 1 aromatic carbocycles. The smallest absolute Gasteiger partial charge is 0.250 e. The molecule has 4 aromatic heterocycles. The third-order valence-electron chi connectivity index (χ3n) is 8.85. The van der Waals surface area contributed by atoms with Crippen LogP contribution in [0.4, 0.5) is 5.69 Å². The van der Waals surface area contributed by atoms with E-state index in [0.717, 1.165) is 82.9 Å². The average Bonchev–Trinajstić information content (AvgIpc) is 3.61. The van der Waals surface area contributed by atoms with Gasteiger partial charge in [-0.05, 0) is 79.6 Å². The van der Waals surface area contributed by atoms with E-state index in [1.54, 1.807) is 6.07 Å². The summed E-state index contributed by atoms with van der Waals surface area (Å²) in [5.41, 5.74) is 12.2. The lowest BCUT2D eigenvalue weighted by Crippen LogP contribution is -2.29. The number of nitrogens with two attached hydrogens (primary N) is 1. The quantitative estimate of drug-likeness (QED) is 0.108. The van der Waals surface area contributed by atoms with E-state index in [1.807, 2.05) is 41.5 Å². The minimum atomic E-state index is -1.15. The second kappa shape index (κ2) is 13.0. The van der Waals surface area contributed by atoms with Crippen LogP contribution in [0, 0.1) is 0 Å². The van der Waals surface area contributed by atoms with Crippen molar-refractivity contribution < 1.29 is 14.6 Å². The summed E-state index contributed by atoms with van der Waals surface area (Å²) in [6.45, 7) is 12.6. The lowest BCUT2D eigenvalue weighted by molar-refractivity contribution is 0.0899. The molecule has 0 saturated heterocycles. The Morgan fingerprint density at radius 2 is 1.87 bits per heavy atom. The Labute approximate surface area is 271 Å². The maximum absolute atomic E-state index is 12.4. The van der Waals surface area contributed by atoms with E-state index in [2.05, 4.69) is 55.5 Å². The number of hydrogen-bond donors (Lipinski definition) is 3. The number of nitrogens with one attached hydrogen (secondary N) is 1. The molecule has 0 unspecified atom stereocenters. The highest BCUT2D eigenvalue weighted by Crippen LogP contribution is 2.36. The van der Waals surface area contributed by atoms with Gasteiger partial charge in [-0.2, -0.15) is 5.10 Å². The van der Waals surface area contributed by atoms with Crippen molar-refractivity contribution in [2.45, 2.75) is 90.0 Å². The Balaban J connectivity index is 1.36. The number of carbonyl (C=O) groups is 1. The molecule has 1 fully saturated rings. The van der Waals surface area contributed by atoms with Crippen LogP contribution in [-0.4, -0.2) is 62.2 Å². The van der Waals surface area contributed by atoms with Crippen LogP contribution in [-0.2, 0) is 11.5 Å². The van der Waals surface area contributed by atoms with Crippen LogP contribution in [0.5, 0.6) is 0 Å². The Morgan fingerprint density at radius 1 is 1.09 bits per heavy atom. The molecule has 0 spiro atoms. The van der Waals surface area contributed by atoms with Crippen LogP contribution in [0.2, 0.25) is 25.7 Å². The van der Waals surface area contributed by atoms with Crippen molar-refractivity contribution in [1.29, 1.82) is 0 Å². The van der Waals surface area contributed by atoms with Gasteiger partial charge in [0.1, 0.15) is 12.4 Å². The molecule has 4 N–H and O–H groups in total. The first-order valence-electron chi connectivity index (χ1n) is 16.3. The molecule has 6 rings (SSSR count). The molecule has 1 aliphatic carbocycles. The van der Waals surface area contributed by atoms with Crippen molar-refractivity contribution in [3.05, 3.63) is 66.2 Å². The number of nitrogens with zero attached hydrogens (tertiary/aromatic N) is 5. The Morgan fingerprint density at radius 3 is 2.59 bits per heavy atom. The van der Waals surface area contributed by atoms with E-state index < -0.39 is 14.0 Å². The van der Waals surface area contributed by atoms with Gasteiger partial charge in [0, 0.05) is 56.0 Å². The first kappa shape index (κ1) is 31.9. The summed E-state index contributed by atoms with van der Waals surface area (Å²) < 4.78 is 9.91. The topological polar surface area (TPSA) is 133 Å². The fourth-order valence-corrected chi connectivity index (χ4v) is 6.96. The molecule has 0 radical (unpaired) electrons. The van der Waals surface area contributed by atoms with E-state index in [1.165, 1.54) is 0 Å². The number of benzene rings is 1. The Hall–Kier alpha value is -4.06. The number of rotatable bonds is 11. The predicted molar refractivity (Wildman–Crippen MR) is 186 cm³/mol. The second-order valence-electron chi connectivity index (χ2n) is 14.0. The van der Waals surface area contributed by atoms with Crippen molar-refractivity contribution in [1.82, 2.24) is 24.3 Å². The van der Waals surface area contributed by atoms with Gasteiger partial charge in [0.05, 0.1) is 28.4 Å². The lowest BCUT2D eigenvalue weighted by atomic mass is 9.92. The number of pyridine rings is 2. The standard InChI is InChI=1S/C35H45N7O3Si/c1-22(2)32-31-28(24-18-23-13-15-41(34(23)38-20-24)21-45-16-17-46(3,4)5)12-14-37-35(31)42(40-32)26-8-11-29(33(36)44)30(19-26)39-25-6-9-27(43)10-7-25/h8,11-15,18-20,22,25,27,39,43H,6-7,9-10,16-17,21H2,1-5H3,(H2,36,44)/t25-,27-. The molecule has 242 valence electrons. The molecule has 0 bridgehead atoms. The SMILES string of the molecule is CC(C)c1nn(-c2ccc(C(N)=O)c(N[C@H]3CC[C@H](O)CC3)c2)c2nccc(-c3cnc4c(ccn4COCC[Si](C)(C)C)c3)c12. The van der Waals surface area contributed by atoms with Crippen molar-refractivity contribution >= 4 is 41.7 Å². The molecular weight excluding hydrogens is 595 g/mol. The Kier molecular flexibility index (Phi) is 9.00. The fraction of sp³-hybridized carbons (Fsp3) is 0.429. The van der Waals surface area contributed by atoms with E-state index in [-0.39, 0.29) is 18.1 Å². The average molecular weight is 640 g/mol. The summed E-state index contributed by atoms with van der Waals surface area (Å²) >= 11 is 0. The highest BCUT2D eigenvalue weighted by atomic mass is 28.3. The number of aromatic nitrogens is 5. The number of anilines is 1. The number of amides is 1. The largest absolute Gasteiger partial charge is 0.393 e. The molecule has 1 saturated carbocycles. The van der Waals surface area contributed by atoms with E-state index in [4.69, 9.17) is 25.5 Å². The second-order valence-corrected chi connectivity index (χ2v) is 19.6. The van der Waals surface area contributed by atoms with Crippen molar-refractivity contribution in [2.24, 2.45) is 5.73 Å². The van der Waals surface area contributed by atoms with Gasteiger partial charge < -0.3 is 25.5 Å². The molecule has 0 atom stereocenters. The number of hydrogen-bond acceptors (Lipinski definition) is 7. The summed E-state index contributed by atoms with van der Waals surface area (Å²) in [7, 11) is -1.15. The van der Waals surface area contributed by atoms with Gasteiger partial charge in [-0.25, -0.2) is 14.6 Å². The number of ether oxygens (including phenoxy) is 1. The van der Waals surface area contributed by atoms with Crippen LogP contribution in [0.25, 0.3) is 38.9 Å². The maximum atomic E-state index is 12.4. The van der Waals surface area contributed by atoms with Crippen LogP contribution in [0.15, 0.2) is 55.0 Å². The summed E-state index contributed by atoms with van der Waals surface area (Å²) in [5.74, 6) is -0.359. The molecule has 11 heteroatoms. The van der Waals surface area contributed by atoms with Crippen molar-refractivity contribution in [2.75, 3.05) is 11.9 Å². The number of primary amides is 1. The molecule has 1 amide bonds. The minimum absolute atomic E-state index is 0.133. The first-order valence-corrected chi connectivity index (χ1v) is 20.0. The summed E-state index contributed by atoms with van der Waals surface area (Å²) in [5, 5.41) is 20.6. The number of aliphatic hydroxyl groups excluding tert-OH is 1. The van der Waals surface area contributed by atoms with Crippen LogP contribution in [0.1, 0.15) is 61.5 Å². The number of aliphatic hydroxyl groups is 1. The zero-order valence-electron chi connectivity index (χ0n) is 27.5. The molecule has 4 heterocycles. The third-order valence-corrected chi connectivity index (χ3v) is 10.6. The molecule has 1 aliphatic rings. The monoisotopic (exact) mass is 639 g/mol. The zero-order valence-corrected chi connectivity index (χ0v) is 28.5. The first-order chi connectivity index (χ1) is 22.0. The number of fused-ring (bicyclic) bond motifs is 2. The molecule has 5 aromatic rings. The highest BCUT2D eigenvalue weighted by Gasteiger charge is 2.24. The summed E-state index contributed by atoms with van der Waals surface area (Å²) in [6.07, 6.45) is 8.61. The molecule has 46 heavy (non-hydrogen) atoms. The van der Waals surface area contributed by atoms with Gasteiger partial charge in [0.2, 0.25) is 0 Å². The fourth-order valence-electron chi connectivity index (χ4n) is 6.20. The van der Waals surface area contributed by atoms with Gasteiger partial charge in [-0.15, -0.1) is 0 Å². The number of carbonyl (C=O) groups excluding carboxylic acids is 1. The van der Waals surface area contributed by atoms with Gasteiger partial charge in [-0.3, -0.25) is 4.79 Å². The predicted octanol–water partition coefficient (Wildman–Crippen LogP) is 6.69. The normalized spacial score (nSPS) is 17.3. The van der Waals surface area contributed by atoms with E-state index >= 15 is 0 Å². The summed E-state index contributed by atoms with van der Waals surface area (Å²) in [6, 6.07) is 13.1. The van der Waals surface area contributed by atoms with Crippen LogP contribution < -0.4 is 11.1 Å². The Bertz CT molecular complexity index is 1870. The van der Waals surface area contributed by atoms with Crippen molar-refractivity contribution in [3.8, 4) is 16.8 Å². The van der Waals surface area contributed by atoms with Crippen molar-refractivity contribution in [3.63, 3.8) is 0 Å². The summed E-state index contributed by atoms with van der Waals surface area (Å²) in [4.78, 5) is 22.0. The van der Waals surface area contributed by atoms with Gasteiger partial charge in [0.25, 0.3) is 5.91 Å². The van der Waals surface area contributed by atoms with Gasteiger partial charge >= 0.3 is 0 Å². The van der Waals surface area contributed by atoms with Gasteiger partial charge in [-0.1, -0.05) is 33.5 Å². The van der Waals surface area contributed by atoms with E-state index in [0.29, 0.717) is 18.0 Å². The van der Waals surface area contributed by atoms with Crippen LogP contribution >= 0.6 is 0 Å². The maximum Gasteiger partial charge on any atom is 0.250 e. The third kappa shape index (κ3) is 6.72. The molecule has 10 nitrogen and oxygen atoms in total. The van der Waals surface area contributed by atoms with E-state index in [9.17, 15) is 9.90 Å².